The van der Waals surface area contributed by atoms with Gasteiger partial charge in [0.15, 0.2) is 0 Å². The molecule has 0 fully saturated rings. The fourth-order valence-electron chi connectivity index (χ4n) is 2.49. The highest BCUT2D eigenvalue weighted by atomic mass is 16.1. The Hall–Kier alpha value is -3.15. The lowest BCUT2D eigenvalue weighted by Gasteiger charge is -2.09. The van der Waals surface area contributed by atoms with Crippen LogP contribution < -0.4 is 5.32 Å². The second-order valence-corrected chi connectivity index (χ2v) is 5.19. The lowest BCUT2D eigenvalue weighted by atomic mass is 10.1. The number of nitrogens with zero attached hydrogens (tertiary/aromatic N) is 3. The van der Waals surface area contributed by atoms with Crippen molar-refractivity contribution in [1.82, 2.24) is 19.6 Å². The van der Waals surface area contributed by atoms with Gasteiger partial charge in [-0.05, 0) is 36.8 Å². The number of carbonyl (C=O) groups is 1. The minimum absolute atomic E-state index is 0.155. The van der Waals surface area contributed by atoms with Gasteiger partial charge in [-0.3, -0.25) is 9.89 Å². The normalized spacial score (nSPS) is 11.1. The second kappa shape index (κ2) is 4.70. The molecule has 0 spiro atoms. The van der Waals surface area contributed by atoms with Gasteiger partial charge >= 0.3 is 0 Å². The minimum atomic E-state index is -0.155. The molecule has 0 aliphatic carbocycles. The van der Waals surface area contributed by atoms with Crippen LogP contribution in [0.2, 0.25) is 0 Å². The molecule has 108 valence electrons. The van der Waals surface area contributed by atoms with E-state index >= 15 is 0 Å². The number of fused-ring (bicyclic) bond motifs is 2. The van der Waals surface area contributed by atoms with Gasteiger partial charge in [-0.1, -0.05) is 0 Å². The van der Waals surface area contributed by atoms with Gasteiger partial charge in [0.05, 0.1) is 17.3 Å². The summed E-state index contributed by atoms with van der Waals surface area (Å²) < 4.78 is 1.82. The van der Waals surface area contributed by atoms with E-state index in [1.54, 1.807) is 24.7 Å². The summed E-state index contributed by atoms with van der Waals surface area (Å²) in [6, 6.07) is 7.47. The zero-order valence-electron chi connectivity index (χ0n) is 11.9. The molecular weight excluding hydrogens is 278 g/mol. The van der Waals surface area contributed by atoms with Crippen LogP contribution in [0.25, 0.3) is 16.6 Å². The average molecular weight is 291 g/mol. The number of carbonyl (C=O) groups excluding carboxylic acids is 1. The number of anilines is 1. The van der Waals surface area contributed by atoms with E-state index in [0.29, 0.717) is 5.56 Å². The van der Waals surface area contributed by atoms with E-state index in [1.807, 2.05) is 35.7 Å². The first-order valence-corrected chi connectivity index (χ1v) is 6.88. The first-order valence-electron chi connectivity index (χ1n) is 6.88. The molecule has 2 N–H and O–H groups in total. The molecule has 1 amide bonds. The Morgan fingerprint density at radius 1 is 1.32 bits per heavy atom. The predicted octanol–water partition coefficient (Wildman–Crippen LogP) is 2.77. The van der Waals surface area contributed by atoms with Gasteiger partial charge in [0, 0.05) is 29.7 Å². The van der Waals surface area contributed by atoms with Crippen molar-refractivity contribution in [2.24, 2.45) is 0 Å². The highest BCUT2D eigenvalue weighted by Gasteiger charge is 2.10. The molecule has 4 rings (SSSR count). The monoisotopic (exact) mass is 291 g/mol. The standard InChI is InChI=1S/C16H13N5O/c1-10-6-12-8-18-20-14(12)7-13(10)19-16(22)11-2-3-15-17-4-5-21(15)9-11/h2-9H,1H3,(H,18,20)(H,19,22). The van der Waals surface area contributed by atoms with Crippen LogP contribution in [0.15, 0.2) is 49.1 Å². The van der Waals surface area contributed by atoms with Crippen LogP contribution in [0.5, 0.6) is 0 Å². The van der Waals surface area contributed by atoms with Gasteiger partial charge in [-0.2, -0.15) is 5.10 Å². The van der Waals surface area contributed by atoms with Crippen molar-refractivity contribution < 1.29 is 4.79 Å². The third kappa shape index (κ3) is 2.01. The molecule has 6 heteroatoms. The Morgan fingerprint density at radius 3 is 3.14 bits per heavy atom. The molecule has 3 heterocycles. The van der Waals surface area contributed by atoms with Crippen LogP contribution in [0, 0.1) is 6.92 Å². The fourth-order valence-corrected chi connectivity index (χ4v) is 2.49. The molecule has 0 aliphatic rings. The molecule has 4 aromatic rings. The van der Waals surface area contributed by atoms with E-state index < -0.39 is 0 Å². The number of aromatic amines is 1. The zero-order chi connectivity index (χ0) is 15.1. The van der Waals surface area contributed by atoms with Gasteiger partial charge in [0.1, 0.15) is 5.65 Å². The third-order valence-electron chi connectivity index (χ3n) is 3.68. The van der Waals surface area contributed by atoms with Gasteiger partial charge in [-0.15, -0.1) is 0 Å². The summed E-state index contributed by atoms with van der Waals surface area (Å²) in [5.41, 5.74) is 4.05. The smallest absolute Gasteiger partial charge is 0.257 e. The summed E-state index contributed by atoms with van der Waals surface area (Å²) >= 11 is 0. The van der Waals surface area contributed by atoms with Crippen molar-refractivity contribution in [2.75, 3.05) is 5.32 Å². The quantitative estimate of drug-likeness (QED) is 0.596. The van der Waals surface area contributed by atoms with E-state index in [1.165, 1.54) is 0 Å². The largest absolute Gasteiger partial charge is 0.322 e. The summed E-state index contributed by atoms with van der Waals surface area (Å²) in [5.74, 6) is -0.155. The van der Waals surface area contributed by atoms with Crippen LogP contribution >= 0.6 is 0 Å². The van der Waals surface area contributed by atoms with Gasteiger partial charge in [0.25, 0.3) is 5.91 Å². The Kier molecular flexibility index (Phi) is 2.69. The average Bonchev–Trinajstić information content (AvgIpc) is 3.14. The second-order valence-electron chi connectivity index (χ2n) is 5.19. The number of amides is 1. The molecule has 6 nitrogen and oxygen atoms in total. The summed E-state index contributed by atoms with van der Waals surface area (Å²) in [6.45, 7) is 1.96. The number of benzene rings is 1. The van der Waals surface area contributed by atoms with E-state index in [4.69, 9.17) is 0 Å². The van der Waals surface area contributed by atoms with Crippen LogP contribution in [0.3, 0.4) is 0 Å². The summed E-state index contributed by atoms with van der Waals surface area (Å²) in [5, 5.41) is 10.9. The fraction of sp³-hybridized carbons (Fsp3) is 0.0625. The molecule has 0 saturated carbocycles. The zero-order valence-corrected chi connectivity index (χ0v) is 11.9. The van der Waals surface area contributed by atoms with Crippen molar-refractivity contribution in [3.8, 4) is 0 Å². The molecule has 3 aromatic heterocycles. The number of aromatic nitrogens is 4. The van der Waals surface area contributed by atoms with Gasteiger partial charge < -0.3 is 9.72 Å². The molecule has 22 heavy (non-hydrogen) atoms. The van der Waals surface area contributed by atoms with Crippen molar-refractivity contribution in [3.05, 3.63) is 60.2 Å². The Bertz CT molecular complexity index is 998. The number of aryl methyl sites for hydroxylation is 1. The lowest BCUT2D eigenvalue weighted by molar-refractivity contribution is 0.102. The highest BCUT2D eigenvalue weighted by Crippen LogP contribution is 2.22. The third-order valence-corrected chi connectivity index (χ3v) is 3.68. The number of rotatable bonds is 2. The van der Waals surface area contributed by atoms with Gasteiger partial charge in [-0.25, -0.2) is 4.98 Å². The summed E-state index contributed by atoms with van der Waals surface area (Å²) in [7, 11) is 0. The van der Waals surface area contributed by atoms with E-state index in [0.717, 1.165) is 27.8 Å². The molecule has 0 atom stereocenters. The van der Waals surface area contributed by atoms with Crippen molar-refractivity contribution in [3.63, 3.8) is 0 Å². The topological polar surface area (TPSA) is 75.1 Å². The number of pyridine rings is 1. The van der Waals surface area contributed by atoms with Crippen molar-refractivity contribution in [2.45, 2.75) is 6.92 Å². The van der Waals surface area contributed by atoms with Crippen molar-refractivity contribution in [1.29, 1.82) is 0 Å². The number of H-pyrrole nitrogens is 1. The van der Waals surface area contributed by atoms with Crippen LogP contribution in [0.1, 0.15) is 15.9 Å². The molecule has 0 aliphatic heterocycles. The van der Waals surface area contributed by atoms with E-state index in [-0.39, 0.29) is 5.91 Å². The Labute approximate surface area is 125 Å². The molecule has 0 bridgehead atoms. The maximum Gasteiger partial charge on any atom is 0.257 e. The van der Waals surface area contributed by atoms with E-state index in [2.05, 4.69) is 20.5 Å². The number of imidazole rings is 1. The summed E-state index contributed by atoms with van der Waals surface area (Å²) in [4.78, 5) is 16.6. The highest BCUT2D eigenvalue weighted by molar-refractivity contribution is 6.05. The van der Waals surface area contributed by atoms with Crippen LogP contribution in [-0.4, -0.2) is 25.5 Å². The van der Waals surface area contributed by atoms with E-state index in [9.17, 15) is 4.79 Å². The number of hydrogen-bond acceptors (Lipinski definition) is 3. The lowest BCUT2D eigenvalue weighted by Crippen LogP contribution is -2.13. The summed E-state index contributed by atoms with van der Waals surface area (Å²) in [6.07, 6.45) is 7.05. The first kappa shape index (κ1) is 12.6. The van der Waals surface area contributed by atoms with Crippen molar-refractivity contribution >= 4 is 28.1 Å². The number of hydrogen-bond donors (Lipinski definition) is 2. The molecule has 1 aromatic carbocycles. The predicted molar refractivity (Wildman–Crippen MR) is 84.0 cm³/mol. The SMILES string of the molecule is Cc1cc2cn[nH]c2cc1NC(=O)c1ccc2nccn2c1. The first-order chi connectivity index (χ1) is 10.7. The maximum absolute atomic E-state index is 12.4. The Balaban J connectivity index is 1.68. The van der Waals surface area contributed by atoms with Crippen LogP contribution in [-0.2, 0) is 0 Å². The minimum Gasteiger partial charge on any atom is -0.322 e. The van der Waals surface area contributed by atoms with Gasteiger partial charge in [0.2, 0.25) is 0 Å². The Morgan fingerprint density at radius 2 is 2.23 bits per heavy atom. The number of nitrogens with one attached hydrogen (secondary N) is 2. The molecule has 0 radical (unpaired) electrons. The molecule has 0 unspecified atom stereocenters. The molecular formula is C16H13N5O. The van der Waals surface area contributed by atoms with Crippen LogP contribution in [0.4, 0.5) is 5.69 Å². The maximum atomic E-state index is 12.4. The molecule has 0 saturated heterocycles.